The molecular weight excluding hydrogens is 307 g/mol. The summed E-state index contributed by atoms with van der Waals surface area (Å²) in [5.41, 5.74) is 1.95. The molecule has 6 heteroatoms. The zero-order valence-corrected chi connectivity index (χ0v) is 13.8. The number of amides is 1. The first-order chi connectivity index (χ1) is 11.7. The number of pyridine rings is 2. The predicted octanol–water partition coefficient (Wildman–Crippen LogP) is 2.07. The van der Waals surface area contributed by atoms with Gasteiger partial charge in [0.1, 0.15) is 0 Å². The molecule has 0 spiro atoms. The highest BCUT2D eigenvalue weighted by molar-refractivity contribution is 5.78. The number of carbonyl (C=O) groups is 1. The summed E-state index contributed by atoms with van der Waals surface area (Å²) < 4.78 is 13.8. The second kappa shape index (κ2) is 7.38. The van der Waals surface area contributed by atoms with Gasteiger partial charge in [0.2, 0.25) is 5.91 Å². The van der Waals surface area contributed by atoms with E-state index >= 15 is 0 Å². The van der Waals surface area contributed by atoms with E-state index < -0.39 is 0 Å². The van der Waals surface area contributed by atoms with Crippen LogP contribution in [0.3, 0.4) is 0 Å². The number of hydrogen-bond acceptors (Lipinski definition) is 4. The van der Waals surface area contributed by atoms with E-state index in [1.807, 2.05) is 28.1 Å². The zero-order chi connectivity index (χ0) is 16.9. The highest BCUT2D eigenvalue weighted by atomic mass is 19.1. The van der Waals surface area contributed by atoms with Crippen LogP contribution in [-0.4, -0.2) is 47.0 Å². The highest BCUT2D eigenvalue weighted by Gasteiger charge is 2.23. The zero-order valence-electron chi connectivity index (χ0n) is 13.8. The van der Waals surface area contributed by atoms with Crippen LogP contribution in [0.25, 0.3) is 0 Å². The monoisotopic (exact) mass is 328 g/mol. The van der Waals surface area contributed by atoms with Crippen LogP contribution in [-0.2, 0) is 17.6 Å². The van der Waals surface area contributed by atoms with E-state index in [-0.39, 0.29) is 11.7 Å². The van der Waals surface area contributed by atoms with Crippen LogP contribution < -0.4 is 4.90 Å². The van der Waals surface area contributed by atoms with E-state index in [0.717, 1.165) is 17.7 Å². The summed E-state index contributed by atoms with van der Waals surface area (Å²) in [4.78, 5) is 24.5. The van der Waals surface area contributed by atoms with Gasteiger partial charge < -0.3 is 9.80 Å². The molecule has 1 saturated heterocycles. The number of aryl methyl sites for hydroxylation is 1. The molecule has 1 fully saturated rings. The largest absolute Gasteiger partial charge is 0.351 e. The van der Waals surface area contributed by atoms with Crippen LogP contribution in [0.1, 0.15) is 18.2 Å². The van der Waals surface area contributed by atoms with Crippen molar-refractivity contribution >= 4 is 11.7 Å². The number of hydrogen-bond donors (Lipinski definition) is 0. The Morgan fingerprint density at radius 1 is 1.17 bits per heavy atom. The van der Waals surface area contributed by atoms with Crippen molar-refractivity contribution in [2.75, 3.05) is 31.1 Å². The van der Waals surface area contributed by atoms with Gasteiger partial charge in [0.25, 0.3) is 0 Å². The lowest BCUT2D eigenvalue weighted by molar-refractivity contribution is -0.130. The molecule has 0 bridgehead atoms. The van der Waals surface area contributed by atoms with Crippen LogP contribution in [0.15, 0.2) is 36.7 Å². The maximum absolute atomic E-state index is 13.8. The van der Waals surface area contributed by atoms with Crippen LogP contribution in [0.4, 0.5) is 10.2 Å². The van der Waals surface area contributed by atoms with Crippen molar-refractivity contribution in [3.8, 4) is 0 Å². The molecule has 2 aromatic rings. The number of halogens is 1. The molecule has 1 amide bonds. The molecule has 0 unspecified atom stereocenters. The molecule has 24 heavy (non-hydrogen) atoms. The van der Waals surface area contributed by atoms with E-state index in [2.05, 4.69) is 16.9 Å². The number of piperazine rings is 1. The minimum Gasteiger partial charge on any atom is -0.351 e. The molecule has 1 aliphatic rings. The van der Waals surface area contributed by atoms with E-state index in [1.165, 1.54) is 6.07 Å². The van der Waals surface area contributed by atoms with E-state index in [0.29, 0.717) is 38.4 Å². The molecule has 0 aliphatic carbocycles. The predicted molar refractivity (Wildman–Crippen MR) is 90.3 cm³/mol. The number of nitrogens with zero attached hydrogens (tertiary/aromatic N) is 4. The molecular formula is C18H21FN4O. The SMILES string of the molecule is CCc1ccc(CC(=O)N2CCN(c3ncccc3F)CC2)nc1. The van der Waals surface area contributed by atoms with Gasteiger partial charge >= 0.3 is 0 Å². The quantitative estimate of drug-likeness (QED) is 0.862. The van der Waals surface area contributed by atoms with Gasteiger partial charge in [-0.05, 0) is 30.2 Å². The van der Waals surface area contributed by atoms with Gasteiger partial charge in [-0.2, -0.15) is 0 Å². The summed E-state index contributed by atoms with van der Waals surface area (Å²) in [6.07, 6.45) is 4.65. The van der Waals surface area contributed by atoms with Crippen LogP contribution in [0.5, 0.6) is 0 Å². The second-order valence-electron chi connectivity index (χ2n) is 5.86. The fraction of sp³-hybridized carbons (Fsp3) is 0.389. The molecule has 0 aromatic carbocycles. The Bertz CT molecular complexity index is 696. The van der Waals surface area contributed by atoms with Gasteiger partial charge in [0.05, 0.1) is 6.42 Å². The molecule has 3 rings (SSSR count). The molecule has 0 N–H and O–H groups in total. The summed E-state index contributed by atoms with van der Waals surface area (Å²) in [5.74, 6) is 0.104. The number of carbonyl (C=O) groups excluding carboxylic acids is 1. The van der Waals surface area contributed by atoms with Crippen LogP contribution in [0.2, 0.25) is 0 Å². The van der Waals surface area contributed by atoms with Crippen molar-refractivity contribution in [2.45, 2.75) is 19.8 Å². The smallest absolute Gasteiger partial charge is 0.228 e. The van der Waals surface area contributed by atoms with Crippen molar-refractivity contribution in [3.05, 3.63) is 53.7 Å². The first-order valence-electron chi connectivity index (χ1n) is 8.24. The Hall–Kier alpha value is -2.50. The third-order valence-corrected chi connectivity index (χ3v) is 4.30. The third kappa shape index (κ3) is 3.69. The topological polar surface area (TPSA) is 49.3 Å². The molecule has 3 heterocycles. The first kappa shape index (κ1) is 16.4. The number of aromatic nitrogens is 2. The van der Waals surface area contributed by atoms with Crippen molar-refractivity contribution in [2.24, 2.45) is 0 Å². The van der Waals surface area contributed by atoms with Gasteiger partial charge in [-0.1, -0.05) is 13.0 Å². The summed E-state index contributed by atoms with van der Waals surface area (Å²) in [6, 6.07) is 6.91. The van der Waals surface area contributed by atoms with E-state index in [9.17, 15) is 9.18 Å². The van der Waals surface area contributed by atoms with Gasteiger partial charge in [-0.3, -0.25) is 9.78 Å². The van der Waals surface area contributed by atoms with Crippen molar-refractivity contribution in [1.82, 2.24) is 14.9 Å². The standard InChI is InChI=1S/C18H21FN4O/c1-2-14-5-6-15(21-13-14)12-17(24)22-8-10-23(11-9-22)18-16(19)4-3-7-20-18/h3-7,13H,2,8-12H2,1H3. The maximum atomic E-state index is 13.8. The lowest BCUT2D eigenvalue weighted by Gasteiger charge is -2.35. The van der Waals surface area contributed by atoms with Crippen molar-refractivity contribution in [3.63, 3.8) is 0 Å². The number of anilines is 1. The first-order valence-corrected chi connectivity index (χ1v) is 8.24. The molecule has 0 saturated carbocycles. The summed E-state index contributed by atoms with van der Waals surface area (Å²) >= 11 is 0. The van der Waals surface area contributed by atoms with Crippen LogP contribution in [0, 0.1) is 5.82 Å². The Morgan fingerprint density at radius 2 is 1.96 bits per heavy atom. The molecule has 126 valence electrons. The van der Waals surface area contributed by atoms with Crippen molar-refractivity contribution < 1.29 is 9.18 Å². The average molecular weight is 328 g/mol. The Morgan fingerprint density at radius 3 is 2.58 bits per heavy atom. The molecule has 5 nitrogen and oxygen atoms in total. The summed E-state index contributed by atoms with van der Waals surface area (Å²) in [5, 5.41) is 0. The van der Waals surface area contributed by atoms with E-state index in [4.69, 9.17) is 0 Å². The second-order valence-corrected chi connectivity index (χ2v) is 5.86. The van der Waals surface area contributed by atoms with Gasteiger partial charge in [-0.25, -0.2) is 9.37 Å². The average Bonchev–Trinajstić information content (AvgIpc) is 2.63. The van der Waals surface area contributed by atoms with Crippen LogP contribution >= 0.6 is 0 Å². The lowest BCUT2D eigenvalue weighted by atomic mass is 10.2. The van der Waals surface area contributed by atoms with E-state index in [1.54, 1.807) is 12.3 Å². The van der Waals surface area contributed by atoms with Gasteiger partial charge in [0.15, 0.2) is 11.6 Å². The lowest BCUT2D eigenvalue weighted by Crippen LogP contribution is -2.49. The molecule has 0 atom stereocenters. The maximum Gasteiger partial charge on any atom is 0.228 e. The molecule has 2 aromatic heterocycles. The Kier molecular flexibility index (Phi) is 5.03. The summed E-state index contributed by atoms with van der Waals surface area (Å²) in [7, 11) is 0. The number of rotatable bonds is 4. The van der Waals surface area contributed by atoms with Crippen molar-refractivity contribution in [1.29, 1.82) is 0 Å². The Balaban J connectivity index is 1.56. The normalized spacial score (nSPS) is 14.8. The third-order valence-electron chi connectivity index (χ3n) is 4.30. The fourth-order valence-corrected chi connectivity index (χ4v) is 2.81. The minimum absolute atomic E-state index is 0.0629. The highest BCUT2D eigenvalue weighted by Crippen LogP contribution is 2.17. The van der Waals surface area contributed by atoms with Gasteiger partial charge in [-0.15, -0.1) is 0 Å². The Labute approximate surface area is 141 Å². The molecule has 0 radical (unpaired) electrons. The summed E-state index contributed by atoms with van der Waals surface area (Å²) in [6.45, 7) is 4.39. The molecule has 1 aliphatic heterocycles. The fourth-order valence-electron chi connectivity index (χ4n) is 2.81. The van der Waals surface area contributed by atoms with Gasteiger partial charge in [0, 0.05) is 44.3 Å². The minimum atomic E-state index is -0.322.